The van der Waals surface area contributed by atoms with E-state index in [4.69, 9.17) is 9.47 Å². The molecule has 36 heavy (non-hydrogen) atoms. The number of rotatable bonds is 8. The van der Waals surface area contributed by atoms with E-state index in [2.05, 4.69) is 37.5 Å². The molecule has 2 saturated heterocycles. The van der Waals surface area contributed by atoms with E-state index in [9.17, 15) is 0 Å². The molecule has 0 radical (unpaired) electrons. The molecule has 2 aliphatic rings. The molecule has 2 aromatic heterocycles. The number of halogens is 1. The van der Waals surface area contributed by atoms with Gasteiger partial charge >= 0.3 is 0 Å². The van der Waals surface area contributed by atoms with E-state index in [1.54, 1.807) is 19.4 Å². The predicted octanol–water partition coefficient (Wildman–Crippen LogP) is 5.09. The molecule has 0 spiro atoms. The molecule has 1 atom stereocenters. The van der Waals surface area contributed by atoms with Gasteiger partial charge in [0.25, 0.3) is 0 Å². The molecule has 5 rings (SSSR count). The summed E-state index contributed by atoms with van der Waals surface area (Å²) in [5.74, 6) is 1.01. The van der Waals surface area contributed by atoms with E-state index in [0.717, 1.165) is 54.6 Å². The van der Waals surface area contributed by atoms with Crippen LogP contribution in [-0.4, -0.2) is 61.4 Å². The minimum absolute atomic E-state index is 0.249. The van der Waals surface area contributed by atoms with Crippen molar-refractivity contribution in [1.82, 2.24) is 14.9 Å². The number of hydrogen-bond donors (Lipinski definition) is 1. The van der Waals surface area contributed by atoms with Crippen LogP contribution in [0.2, 0.25) is 0 Å². The third-order valence-corrected chi connectivity index (χ3v) is 7.49. The minimum atomic E-state index is -0.249. The van der Waals surface area contributed by atoms with E-state index in [-0.39, 0.29) is 5.82 Å². The Morgan fingerprint density at radius 2 is 2.00 bits per heavy atom. The number of hydrogen-bond acceptors (Lipinski definition) is 8. The smallest absolute Gasteiger partial charge is 0.229 e. The van der Waals surface area contributed by atoms with Crippen LogP contribution < -0.4 is 14.4 Å². The number of ether oxygens (including phenoxy) is 2. The highest BCUT2D eigenvalue weighted by atomic mass is 32.2. The largest absolute Gasteiger partial charge is 0.480 e. The van der Waals surface area contributed by atoms with Gasteiger partial charge in [0.05, 0.1) is 42.8 Å². The van der Waals surface area contributed by atoms with Crippen molar-refractivity contribution in [3.05, 3.63) is 60.2 Å². The monoisotopic (exact) mass is 509 g/mol. The lowest BCUT2D eigenvalue weighted by molar-refractivity contribution is 0.122. The Morgan fingerprint density at radius 3 is 2.75 bits per heavy atom. The molecule has 2 aliphatic heterocycles. The van der Waals surface area contributed by atoms with Crippen molar-refractivity contribution in [3.8, 4) is 17.1 Å². The average molecular weight is 510 g/mol. The Labute approximate surface area is 216 Å². The van der Waals surface area contributed by atoms with E-state index >= 15 is 4.39 Å². The number of pyridine rings is 2. The molecule has 0 aliphatic carbocycles. The lowest BCUT2D eigenvalue weighted by Crippen LogP contribution is -2.36. The molecule has 4 heterocycles. The van der Waals surface area contributed by atoms with Gasteiger partial charge in [-0.2, -0.15) is 0 Å². The summed E-state index contributed by atoms with van der Waals surface area (Å²) in [7, 11) is 1.61. The Morgan fingerprint density at radius 1 is 1.14 bits per heavy atom. The Hall–Kier alpha value is -2.88. The lowest BCUT2D eigenvalue weighted by Gasteiger charge is -2.29. The maximum atomic E-state index is 15.1. The Balaban J connectivity index is 1.28. The molecule has 9 heteroatoms. The zero-order valence-corrected chi connectivity index (χ0v) is 21.6. The summed E-state index contributed by atoms with van der Waals surface area (Å²) in [6.07, 6.45) is 4.73. The van der Waals surface area contributed by atoms with Gasteiger partial charge in [-0.1, -0.05) is 13.0 Å². The number of nitrogens with one attached hydrogen (secondary N) is 1. The zero-order valence-electron chi connectivity index (χ0n) is 20.7. The molecule has 3 aromatic rings. The molecule has 2 fully saturated rings. The maximum absolute atomic E-state index is 15.1. The summed E-state index contributed by atoms with van der Waals surface area (Å²) in [5.41, 5.74) is 3.93. The molecule has 0 amide bonds. The van der Waals surface area contributed by atoms with Crippen LogP contribution in [0.25, 0.3) is 11.3 Å². The summed E-state index contributed by atoms with van der Waals surface area (Å²) in [6, 6.07) is 11.3. The first-order valence-electron chi connectivity index (χ1n) is 12.4. The number of aromatic nitrogens is 2. The van der Waals surface area contributed by atoms with Crippen LogP contribution >= 0.6 is 11.9 Å². The quantitative estimate of drug-likeness (QED) is 0.422. The van der Waals surface area contributed by atoms with Crippen molar-refractivity contribution in [2.24, 2.45) is 5.92 Å². The van der Waals surface area contributed by atoms with Crippen molar-refractivity contribution in [2.45, 2.75) is 24.8 Å². The van der Waals surface area contributed by atoms with Gasteiger partial charge < -0.3 is 19.1 Å². The van der Waals surface area contributed by atoms with Crippen LogP contribution in [-0.2, 0) is 11.3 Å². The number of morpholine rings is 1. The third kappa shape index (κ3) is 5.91. The van der Waals surface area contributed by atoms with Crippen LogP contribution in [0.5, 0.6) is 5.88 Å². The fourth-order valence-electron chi connectivity index (χ4n) is 4.69. The molecule has 1 unspecified atom stereocenters. The second-order valence-electron chi connectivity index (χ2n) is 9.38. The Kier molecular flexibility index (Phi) is 7.89. The minimum Gasteiger partial charge on any atom is -0.480 e. The zero-order chi connectivity index (χ0) is 24.9. The Bertz CT molecular complexity index is 1190. The molecule has 1 N–H and O–H groups in total. The molecule has 0 bridgehead atoms. The number of benzene rings is 1. The fraction of sp³-hybridized carbons (Fsp3) is 0.407. The van der Waals surface area contributed by atoms with Crippen molar-refractivity contribution < 1.29 is 13.9 Å². The summed E-state index contributed by atoms with van der Waals surface area (Å²) < 4.78 is 29.3. The highest BCUT2D eigenvalue weighted by Gasteiger charge is 2.19. The van der Waals surface area contributed by atoms with Gasteiger partial charge in [-0.25, -0.2) is 9.37 Å². The van der Waals surface area contributed by atoms with Crippen LogP contribution in [0.1, 0.15) is 18.9 Å². The van der Waals surface area contributed by atoms with Gasteiger partial charge in [-0.3, -0.25) is 9.88 Å². The molecule has 1 aromatic carbocycles. The highest BCUT2D eigenvalue weighted by molar-refractivity contribution is 8.00. The highest BCUT2D eigenvalue weighted by Crippen LogP contribution is 2.33. The normalized spacial score (nSPS) is 18.4. The van der Waals surface area contributed by atoms with Crippen LogP contribution in [0.15, 0.2) is 53.7 Å². The molecular formula is C27H32FN5O2S. The van der Waals surface area contributed by atoms with E-state index in [0.29, 0.717) is 36.3 Å². The second kappa shape index (κ2) is 11.5. The molecule has 7 nitrogen and oxygen atoms in total. The van der Waals surface area contributed by atoms with Crippen LogP contribution in [0.4, 0.5) is 15.8 Å². The van der Waals surface area contributed by atoms with Crippen molar-refractivity contribution in [1.29, 1.82) is 0 Å². The topological polar surface area (TPSA) is 62.8 Å². The lowest BCUT2D eigenvalue weighted by atomic mass is 10.1. The molecule has 0 saturated carbocycles. The number of methoxy groups -OCH3 is 1. The standard InChI is InChI=1S/C27H32FN5O2S/c1-19-6-8-32(17-19)18-20-3-4-23(24(28)13-20)25-14-21(5-7-29-25)31-36-26-15-22(16-30-27(26)34-2)33-9-11-35-12-10-33/h3-5,7,13-16,19H,6,8-12,17-18H2,1-2H3,(H,29,31). The first-order chi connectivity index (χ1) is 17.6. The van der Waals surface area contributed by atoms with E-state index in [1.165, 1.54) is 18.4 Å². The van der Waals surface area contributed by atoms with Gasteiger partial charge in [-0.15, -0.1) is 0 Å². The summed E-state index contributed by atoms with van der Waals surface area (Å²) in [5, 5.41) is 0. The van der Waals surface area contributed by atoms with Gasteiger partial charge in [0, 0.05) is 43.6 Å². The maximum Gasteiger partial charge on any atom is 0.229 e. The van der Waals surface area contributed by atoms with E-state index in [1.807, 2.05) is 30.5 Å². The van der Waals surface area contributed by atoms with Crippen molar-refractivity contribution in [3.63, 3.8) is 0 Å². The summed E-state index contributed by atoms with van der Waals surface area (Å²) in [4.78, 5) is 14.4. The van der Waals surface area contributed by atoms with Crippen LogP contribution in [0.3, 0.4) is 0 Å². The van der Waals surface area contributed by atoms with Gasteiger partial charge in [0.15, 0.2) is 0 Å². The van der Waals surface area contributed by atoms with Crippen molar-refractivity contribution >= 4 is 23.3 Å². The summed E-state index contributed by atoms with van der Waals surface area (Å²) in [6.45, 7) is 8.29. The fourth-order valence-corrected chi connectivity index (χ4v) is 5.45. The average Bonchev–Trinajstić information content (AvgIpc) is 3.32. The number of nitrogens with zero attached hydrogens (tertiary/aromatic N) is 4. The summed E-state index contributed by atoms with van der Waals surface area (Å²) >= 11 is 1.41. The van der Waals surface area contributed by atoms with E-state index < -0.39 is 0 Å². The third-order valence-electron chi connectivity index (χ3n) is 6.64. The first-order valence-corrected chi connectivity index (χ1v) is 13.2. The molecule has 190 valence electrons. The van der Waals surface area contributed by atoms with Crippen LogP contribution in [0, 0.1) is 11.7 Å². The van der Waals surface area contributed by atoms with Crippen molar-refractivity contribution in [2.75, 3.05) is 56.1 Å². The SMILES string of the molecule is COc1ncc(N2CCOCC2)cc1SNc1ccnc(-c2ccc(CN3CCC(C)C3)cc2F)c1. The van der Waals surface area contributed by atoms with Gasteiger partial charge in [0.1, 0.15) is 5.82 Å². The van der Waals surface area contributed by atoms with Gasteiger partial charge in [-0.05, 0) is 66.7 Å². The van der Waals surface area contributed by atoms with Gasteiger partial charge in [0.2, 0.25) is 5.88 Å². The number of anilines is 2. The number of likely N-dealkylation sites (tertiary alicyclic amines) is 1. The first kappa shape index (κ1) is 24.8. The molecular weight excluding hydrogens is 477 g/mol. The second-order valence-corrected chi connectivity index (χ2v) is 10.2. The predicted molar refractivity (Wildman–Crippen MR) is 142 cm³/mol.